The Balaban J connectivity index is 1.34. The van der Waals surface area contributed by atoms with Gasteiger partial charge in [0, 0.05) is 17.4 Å². The van der Waals surface area contributed by atoms with E-state index < -0.39 is 0 Å². The van der Waals surface area contributed by atoms with Gasteiger partial charge < -0.3 is 10.3 Å². The molecular weight excluding hydrogens is 392 g/mol. The first-order valence-corrected chi connectivity index (χ1v) is 12.2. The number of unbranched alkanes of at least 4 members (excludes halogenated alkanes) is 1. The summed E-state index contributed by atoms with van der Waals surface area (Å²) in [7, 11) is 0. The molecule has 3 N–H and O–H groups in total. The number of aromatic amines is 1. The molecular formula is C24H30N4OS. The normalized spacial score (nSPS) is 20.5. The van der Waals surface area contributed by atoms with Crippen LogP contribution in [0.5, 0.6) is 0 Å². The number of nitrogens with zero attached hydrogens (tertiary/aromatic N) is 1. The van der Waals surface area contributed by atoms with E-state index in [0.29, 0.717) is 11.5 Å². The molecule has 0 spiro atoms. The third kappa shape index (κ3) is 4.03. The molecule has 5 nitrogen and oxygen atoms in total. The van der Waals surface area contributed by atoms with E-state index in [1.54, 1.807) is 11.3 Å². The molecule has 0 aromatic carbocycles. The molecule has 1 amide bonds. The maximum absolute atomic E-state index is 12.5. The van der Waals surface area contributed by atoms with E-state index in [0.717, 1.165) is 35.3 Å². The molecule has 0 unspecified atom stereocenters. The van der Waals surface area contributed by atoms with Crippen LogP contribution in [0.2, 0.25) is 0 Å². The van der Waals surface area contributed by atoms with Crippen molar-refractivity contribution in [3.05, 3.63) is 50.5 Å². The van der Waals surface area contributed by atoms with Crippen LogP contribution in [0.25, 0.3) is 6.08 Å². The maximum Gasteiger partial charge on any atom is 0.273 e. The molecule has 0 atom stereocenters. The van der Waals surface area contributed by atoms with Gasteiger partial charge in [-0.15, -0.1) is 11.3 Å². The van der Waals surface area contributed by atoms with Crippen LogP contribution in [-0.4, -0.2) is 29.2 Å². The van der Waals surface area contributed by atoms with Crippen LogP contribution < -0.4 is 10.7 Å². The summed E-state index contributed by atoms with van der Waals surface area (Å²) in [5.74, 6) is 0.521. The lowest BCUT2D eigenvalue weighted by atomic mass is 9.93. The highest BCUT2D eigenvalue weighted by atomic mass is 32.1. The van der Waals surface area contributed by atoms with E-state index >= 15 is 0 Å². The first kappa shape index (κ1) is 19.8. The van der Waals surface area contributed by atoms with Crippen molar-refractivity contribution in [1.82, 2.24) is 15.7 Å². The first-order valence-electron chi connectivity index (χ1n) is 11.3. The summed E-state index contributed by atoms with van der Waals surface area (Å²) in [5.41, 5.74) is 9.34. The van der Waals surface area contributed by atoms with Crippen molar-refractivity contribution in [3.63, 3.8) is 0 Å². The van der Waals surface area contributed by atoms with E-state index in [2.05, 4.69) is 27.8 Å². The Morgan fingerprint density at radius 2 is 2.13 bits per heavy atom. The third-order valence-corrected chi connectivity index (χ3v) is 7.46. The molecule has 1 aliphatic heterocycles. The fourth-order valence-electron chi connectivity index (χ4n) is 4.54. The minimum atomic E-state index is -0.115. The van der Waals surface area contributed by atoms with Gasteiger partial charge in [-0.05, 0) is 93.0 Å². The van der Waals surface area contributed by atoms with Crippen LogP contribution in [0, 0.1) is 6.92 Å². The maximum atomic E-state index is 12.5. The highest BCUT2D eigenvalue weighted by molar-refractivity contribution is 7.12. The van der Waals surface area contributed by atoms with Gasteiger partial charge in [0.25, 0.3) is 5.91 Å². The third-order valence-electron chi connectivity index (χ3n) is 6.58. The summed E-state index contributed by atoms with van der Waals surface area (Å²) in [5, 5.41) is 9.98. The van der Waals surface area contributed by atoms with E-state index in [1.165, 1.54) is 61.8 Å². The predicted octanol–water partition coefficient (Wildman–Crippen LogP) is 4.64. The molecule has 3 heterocycles. The molecule has 5 rings (SSSR count). The first-order chi connectivity index (χ1) is 14.7. The smallest absolute Gasteiger partial charge is 0.273 e. The zero-order chi connectivity index (χ0) is 20.5. The topological polar surface area (TPSA) is 69.3 Å². The Labute approximate surface area is 182 Å². The summed E-state index contributed by atoms with van der Waals surface area (Å²) in [6.07, 6.45) is 12.2. The Morgan fingerprint density at radius 1 is 1.27 bits per heavy atom. The number of rotatable bonds is 9. The van der Waals surface area contributed by atoms with Crippen molar-refractivity contribution >= 4 is 29.0 Å². The van der Waals surface area contributed by atoms with Gasteiger partial charge in [0.15, 0.2) is 0 Å². The zero-order valence-corrected chi connectivity index (χ0v) is 18.4. The molecule has 2 fully saturated rings. The number of aryl methyl sites for hydroxylation is 1. The Bertz CT molecular complexity index is 977. The van der Waals surface area contributed by atoms with Crippen molar-refractivity contribution in [3.8, 4) is 0 Å². The predicted molar refractivity (Wildman–Crippen MR) is 123 cm³/mol. The highest BCUT2D eigenvalue weighted by Gasteiger charge is 2.32. The number of H-pyrrole nitrogens is 1. The lowest BCUT2D eigenvalue weighted by molar-refractivity contribution is -0.116. The van der Waals surface area contributed by atoms with Crippen LogP contribution in [0.3, 0.4) is 0 Å². The van der Waals surface area contributed by atoms with Gasteiger partial charge in [0.2, 0.25) is 0 Å². The number of amides is 1. The zero-order valence-electron chi connectivity index (χ0n) is 17.6. The van der Waals surface area contributed by atoms with Crippen LogP contribution in [0.15, 0.2) is 28.2 Å². The minimum absolute atomic E-state index is 0.115. The molecule has 0 radical (unpaired) electrons. The number of thiophene rings is 1. The van der Waals surface area contributed by atoms with Gasteiger partial charge in [-0.2, -0.15) is 5.10 Å². The Hall–Kier alpha value is -2.18. The summed E-state index contributed by atoms with van der Waals surface area (Å²) in [4.78, 5) is 17.1. The van der Waals surface area contributed by atoms with Gasteiger partial charge >= 0.3 is 0 Å². The number of nitrogens with one attached hydrogen (secondary N) is 3. The average molecular weight is 423 g/mol. The second kappa shape index (κ2) is 8.52. The minimum Gasteiger partial charge on any atom is -0.359 e. The van der Waals surface area contributed by atoms with E-state index in [9.17, 15) is 4.79 Å². The summed E-state index contributed by atoms with van der Waals surface area (Å²) in [6.45, 7) is 3.31. The molecule has 158 valence electrons. The second-order valence-electron chi connectivity index (χ2n) is 8.81. The monoisotopic (exact) mass is 422 g/mol. The molecule has 2 saturated carbocycles. The van der Waals surface area contributed by atoms with E-state index in [-0.39, 0.29) is 5.91 Å². The SMILES string of the molecule is Cc1[nH]c(C=C2C(=O)NN=C2c2cccs2)c(C2CC2)c1CCCCNC1CCC1. The van der Waals surface area contributed by atoms with Crippen LogP contribution >= 0.6 is 11.3 Å². The number of hydrazone groups is 1. The Kier molecular flexibility index (Phi) is 5.61. The fraction of sp³-hybridized carbons (Fsp3) is 0.500. The quantitative estimate of drug-likeness (QED) is 0.407. The number of carbonyl (C=O) groups is 1. The molecule has 2 aliphatic carbocycles. The van der Waals surface area contributed by atoms with Crippen molar-refractivity contribution in [1.29, 1.82) is 0 Å². The summed E-state index contributed by atoms with van der Waals surface area (Å²) >= 11 is 1.61. The average Bonchev–Trinajstić information content (AvgIpc) is 3.11. The van der Waals surface area contributed by atoms with Crippen LogP contribution in [0.1, 0.15) is 78.3 Å². The largest absolute Gasteiger partial charge is 0.359 e. The number of carbonyl (C=O) groups excluding carboxylic acids is 1. The highest BCUT2D eigenvalue weighted by Crippen LogP contribution is 2.45. The van der Waals surface area contributed by atoms with Crippen LogP contribution in [-0.2, 0) is 11.2 Å². The molecule has 0 bridgehead atoms. The van der Waals surface area contributed by atoms with Gasteiger partial charge in [-0.3, -0.25) is 4.79 Å². The standard InChI is InChI=1S/C24H30N4OS/c1-15-18(8-2-3-12-25-17-6-4-7-17)22(16-10-11-16)20(26-15)14-19-23(27-28-24(19)29)21-9-5-13-30-21/h5,9,13-14,16-17,25-26H,2-4,6-8,10-12H2,1H3,(H,28,29). The lowest BCUT2D eigenvalue weighted by Gasteiger charge is -2.26. The van der Waals surface area contributed by atoms with Crippen molar-refractivity contribution in [2.24, 2.45) is 5.10 Å². The Morgan fingerprint density at radius 3 is 2.83 bits per heavy atom. The number of aromatic nitrogens is 1. The summed E-state index contributed by atoms with van der Waals surface area (Å²) in [6, 6.07) is 4.79. The van der Waals surface area contributed by atoms with Crippen LogP contribution in [0.4, 0.5) is 0 Å². The molecule has 6 heteroatoms. The summed E-state index contributed by atoms with van der Waals surface area (Å²) < 4.78 is 0. The van der Waals surface area contributed by atoms with Gasteiger partial charge in [-0.25, -0.2) is 5.43 Å². The van der Waals surface area contributed by atoms with Crippen molar-refractivity contribution in [2.45, 2.75) is 70.3 Å². The number of hydrogen-bond acceptors (Lipinski definition) is 4. The second-order valence-corrected chi connectivity index (χ2v) is 9.75. The molecule has 2 aromatic heterocycles. The number of hydrogen-bond donors (Lipinski definition) is 3. The van der Waals surface area contributed by atoms with Crippen molar-refractivity contribution < 1.29 is 4.79 Å². The van der Waals surface area contributed by atoms with Gasteiger partial charge in [-0.1, -0.05) is 12.5 Å². The molecule has 0 saturated heterocycles. The molecule has 30 heavy (non-hydrogen) atoms. The van der Waals surface area contributed by atoms with Gasteiger partial charge in [0.05, 0.1) is 10.5 Å². The van der Waals surface area contributed by atoms with Gasteiger partial charge in [0.1, 0.15) is 5.71 Å². The van der Waals surface area contributed by atoms with Crippen molar-refractivity contribution in [2.75, 3.05) is 6.54 Å². The molecule has 2 aromatic rings. The van der Waals surface area contributed by atoms with E-state index in [4.69, 9.17) is 0 Å². The van der Waals surface area contributed by atoms with E-state index in [1.807, 2.05) is 23.6 Å². The lowest BCUT2D eigenvalue weighted by Crippen LogP contribution is -2.35. The molecule has 3 aliphatic rings. The fourth-order valence-corrected chi connectivity index (χ4v) is 5.27.